The number of esters is 1. The molecular weight excluding hydrogens is 502 g/mol. The van der Waals surface area contributed by atoms with Crippen LogP contribution >= 0.6 is 0 Å². The number of fused-ring (bicyclic) bond motifs is 1. The first-order valence-electron chi connectivity index (χ1n) is 14.5. The van der Waals surface area contributed by atoms with Gasteiger partial charge in [-0.3, -0.25) is 19.2 Å². The molecule has 0 saturated heterocycles. The molecule has 0 aromatic rings. The Hall–Kier alpha value is -2.55. The number of allylic oxidation sites excluding steroid dienone is 1. The molecule has 1 saturated carbocycles. The zero-order chi connectivity index (χ0) is 29.1. The third-order valence-electron chi connectivity index (χ3n) is 8.33. The number of ketones is 2. The fourth-order valence-electron chi connectivity index (χ4n) is 5.92. The number of carboxylic acids is 1. The maximum atomic E-state index is 13.2. The first kappa shape index (κ1) is 32.7. The van der Waals surface area contributed by atoms with E-state index in [1.54, 1.807) is 6.08 Å². The number of aliphatic hydroxyl groups excluding tert-OH is 1. The van der Waals surface area contributed by atoms with E-state index >= 15 is 0 Å². The van der Waals surface area contributed by atoms with Crippen LogP contribution < -0.4 is 0 Å². The number of hydrogen-bond acceptors (Lipinski definition) is 8. The molecule has 0 aromatic heterocycles. The molecule has 39 heavy (non-hydrogen) atoms. The average molecular weight is 550 g/mol. The summed E-state index contributed by atoms with van der Waals surface area (Å²) >= 11 is 0. The third kappa shape index (κ3) is 9.26. The van der Waals surface area contributed by atoms with Crippen molar-refractivity contribution in [3.63, 3.8) is 0 Å². The van der Waals surface area contributed by atoms with Crippen molar-refractivity contribution in [2.45, 2.75) is 111 Å². The van der Waals surface area contributed by atoms with Gasteiger partial charge >= 0.3 is 11.9 Å². The molecule has 2 aliphatic rings. The highest BCUT2D eigenvalue weighted by Crippen LogP contribution is 2.48. The van der Waals surface area contributed by atoms with Crippen molar-refractivity contribution in [3.8, 4) is 0 Å². The lowest BCUT2D eigenvalue weighted by Crippen LogP contribution is -2.49. The predicted octanol–water partition coefficient (Wildman–Crippen LogP) is 4.89. The van der Waals surface area contributed by atoms with E-state index in [9.17, 15) is 24.3 Å². The highest BCUT2D eigenvalue weighted by molar-refractivity contribution is 5.98. The SMILES string of the molecule is CCCCCCC1C2=CC(=O)C(C)C(CCC(=O)CC(O)CC(=O)O)C2C(OC(=O)C(C)CC)CC1=NOC. The summed E-state index contributed by atoms with van der Waals surface area (Å²) in [5, 5.41) is 23.1. The smallest absolute Gasteiger partial charge is 0.308 e. The summed E-state index contributed by atoms with van der Waals surface area (Å²) in [6.07, 6.45) is 5.80. The summed E-state index contributed by atoms with van der Waals surface area (Å²) < 4.78 is 6.09. The molecule has 0 bridgehead atoms. The van der Waals surface area contributed by atoms with Gasteiger partial charge in [-0.2, -0.15) is 0 Å². The standard InChI is InChI=1S/C30H47NO8/c1-6-8-9-10-11-23-24-16-26(34)19(4)22(13-12-20(32)14-21(33)15-28(35)36)29(24)27(17-25(23)31-38-5)39-30(37)18(3)7-2/h16,18-19,21-23,27,29,33H,6-15,17H2,1-5H3,(H,35,36). The van der Waals surface area contributed by atoms with Gasteiger partial charge in [0.1, 0.15) is 19.0 Å². The number of unbranched alkanes of at least 4 members (excludes halogenated alkanes) is 3. The van der Waals surface area contributed by atoms with Gasteiger partial charge in [-0.1, -0.05) is 64.1 Å². The number of hydrogen-bond donors (Lipinski definition) is 2. The molecule has 0 aromatic carbocycles. The van der Waals surface area contributed by atoms with Crippen LogP contribution in [0.4, 0.5) is 0 Å². The van der Waals surface area contributed by atoms with Crippen LogP contribution in [0.1, 0.15) is 98.3 Å². The second-order valence-electron chi connectivity index (χ2n) is 11.2. The summed E-state index contributed by atoms with van der Waals surface area (Å²) in [5.41, 5.74) is 1.68. The number of carbonyl (C=O) groups is 4. The topological polar surface area (TPSA) is 140 Å². The lowest BCUT2D eigenvalue weighted by molar-refractivity contribution is -0.158. The zero-order valence-electron chi connectivity index (χ0n) is 24.2. The number of aliphatic carboxylic acids is 1. The Labute approximate surface area is 232 Å². The quantitative estimate of drug-likeness (QED) is 0.158. The molecule has 0 heterocycles. The number of aliphatic hydroxyl groups is 1. The van der Waals surface area contributed by atoms with Crippen LogP contribution in [0.2, 0.25) is 0 Å². The first-order valence-corrected chi connectivity index (χ1v) is 14.5. The number of oxime groups is 1. The fraction of sp³-hybridized carbons (Fsp3) is 0.767. The van der Waals surface area contributed by atoms with Crippen LogP contribution in [0.5, 0.6) is 0 Å². The number of nitrogens with zero attached hydrogens (tertiary/aromatic N) is 1. The molecule has 2 N–H and O–H groups in total. The predicted molar refractivity (Wildman–Crippen MR) is 147 cm³/mol. The fourth-order valence-corrected chi connectivity index (χ4v) is 5.92. The highest BCUT2D eigenvalue weighted by atomic mass is 16.6. The summed E-state index contributed by atoms with van der Waals surface area (Å²) in [7, 11) is 1.49. The molecule has 220 valence electrons. The summed E-state index contributed by atoms with van der Waals surface area (Å²) in [6, 6.07) is 0. The number of rotatable bonds is 16. The van der Waals surface area contributed by atoms with E-state index < -0.39 is 24.6 Å². The van der Waals surface area contributed by atoms with Gasteiger partial charge in [0.05, 0.1) is 24.2 Å². The molecule has 9 heteroatoms. The van der Waals surface area contributed by atoms with Crippen LogP contribution in [0.3, 0.4) is 0 Å². The zero-order valence-corrected chi connectivity index (χ0v) is 24.2. The molecule has 2 rings (SSSR count). The molecule has 0 radical (unpaired) electrons. The molecular formula is C30H47NO8. The Bertz CT molecular complexity index is 926. The van der Waals surface area contributed by atoms with E-state index in [1.807, 2.05) is 20.8 Å². The normalized spacial score (nSPS) is 27.3. The van der Waals surface area contributed by atoms with E-state index in [2.05, 4.69) is 12.1 Å². The summed E-state index contributed by atoms with van der Waals surface area (Å²) in [4.78, 5) is 54.8. The molecule has 9 nitrogen and oxygen atoms in total. The summed E-state index contributed by atoms with van der Waals surface area (Å²) in [5.74, 6) is -2.95. The van der Waals surface area contributed by atoms with Crippen molar-refractivity contribution in [1.82, 2.24) is 0 Å². The minimum atomic E-state index is -1.24. The second kappa shape index (κ2) is 15.9. The number of carbonyl (C=O) groups excluding carboxylic acids is 3. The molecule has 0 aliphatic heterocycles. The van der Waals surface area contributed by atoms with Gasteiger partial charge in [0.2, 0.25) is 0 Å². The van der Waals surface area contributed by atoms with Crippen molar-refractivity contribution < 1.29 is 39.0 Å². The maximum absolute atomic E-state index is 13.2. The molecule has 1 fully saturated rings. The van der Waals surface area contributed by atoms with Gasteiger partial charge in [-0.25, -0.2) is 0 Å². The Morgan fingerprint density at radius 2 is 1.85 bits per heavy atom. The van der Waals surface area contributed by atoms with Gasteiger partial charge in [0.15, 0.2) is 5.78 Å². The largest absolute Gasteiger partial charge is 0.481 e. The Morgan fingerprint density at radius 1 is 1.13 bits per heavy atom. The molecule has 2 aliphatic carbocycles. The highest BCUT2D eigenvalue weighted by Gasteiger charge is 2.49. The third-order valence-corrected chi connectivity index (χ3v) is 8.33. The van der Waals surface area contributed by atoms with Gasteiger partial charge in [0, 0.05) is 37.0 Å². The monoisotopic (exact) mass is 549 g/mol. The van der Waals surface area contributed by atoms with Crippen LogP contribution in [-0.4, -0.2) is 58.7 Å². The molecule has 7 atom stereocenters. The van der Waals surface area contributed by atoms with Gasteiger partial charge in [-0.15, -0.1) is 0 Å². The van der Waals surface area contributed by atoms with Crippen LogP contribution in [0.25, 0.3) is 0 Å². The van der Waals surface area contributed by atoms with Crippen molar-refractivity contribution in [1.29, 1.82) is 0 Å². The van der Waals surface area contributed by atoms with E-state index in [0.717, 1.165) is 43.4 Å². The van der Waals surface area contributed by atoms with Crippen molar-refractivity contribution in [3.05, 3.63) is 11.6 Å². The number of Topliss-reactive ketones (excluding diaryl/α,β-unsaturated/α-hetero) is 1. The van der Waals surface area contributed by atoms with E-state index in [0.29, 0.717) is 19.3 Å². The second-order valence-corrected chi connectivity index (χ2v) is 11.2. The minimum Gasteiger partial charge on any atom is -0.481 e. The van der Waals surface area contributed by atoms with Gasteiger partial charge < -0.3 is 19.8 Å². The van der Waals surface area contributed by atoms with Crippen LogP contribution in [0, 0.1) is 29.6 Å². The average Bonchev–Trinajstić information content (AvgIpc) is 2.87. The summed E-state index contributed by atoms with van der Waals surface area (Å²) in [6.45, 7) is 7.76. The van der Waals surface area contributed by atoms with Crippen molar-refractivity contribution in [2.75, 3.05) is 7.11 Å². The van der Waals surface area contributed by atoms with E-state index in [1.165, 1.54) is 7.11 Å². The van der Waals surface area contributed by atoms with E-state index in [-0.39, 0.29) is 60.0 Å². The lowest BCUT2D eigenvalue weighted by atomic mass is 9.60. The Kier molecular flexibility index (Phi) is 13.3. The van der Waals surface area contributed by atoms with Gasteiger partial charge in [-0.05, 0) is 31.3 Å². The Morgan fingerprint density at radius 3 is 2.46 bits per heavy atom. The molecule has 7 unspecified atom stereocenters. The molecule has 0 spiro atoms. The number of carboxylic acid groups (broad SMARTS) is 1. The van der Waals surface area contributed by atoms with Crippen molar-refractivity contribution >= 4 is 29.2 Å². The van der Waals surface area contributed by atoms with Gasteiger partial charge in [0.25, 0.3) is 0 Å². The number of ether oxygens (including phenoxy) is 1. The lowest BCUT2D eigenvalue weighted by Gasteiger charge is -2.46. The molecule has 0 amide bonds. The van der Waals surface area contributed by atoms with Crippen LogP contribution in [0.15, 0.2) is 16.8 Å². The van der Waals surface area contributed by atoms with Crippen molar-refractivity contribution in [2.24, 2.45) is 34.7 Å². The van der Waals surface area contributed by atoms with E-state index in [4.69, 9.17) is 14.7 Å². The minimum absolute atomic E-state index is 0.0196. The van der Waals surface area contributed by atoms with Crippen LogP contribution in [-0.2, 0) is 28.8 Å². The maximum Gasteiger partial charge on any atom is 0.308 e. The first-order chi connectivity index (χ1) is 18.5. The Balaban J connectivity index is 2.39.